The Morgan fingerprint density at radius 1 is 1.50 bits per heavy atom. The molecule has 1 heterocycles. The van der Waals surface area contributed by atoms with Gasteiger partial charge in [0.1, 0.15) is 0 Å². The summed E-state index contributed by atoms with van der Waals surface area (Å²) in [7, 11) is 1.73. The van der Waals surface area contributed by atoms with Gasteiger partial charge >= 0.3 is 0 Å². The number of carbonyl (C=O) groups is 1. The highest BCUT2D eigenvalue weighted by Gasteiger charge is 2.20. The molecule has 0 bridgehead atoms. The second-order valence-corrected chi connectivity index (χ2v) is 5.41. The lowest BCUT2D eigenvalue weighted by Gasteiger charge is -2.30. The zero-order valence-electron chi connectivity index (χ0n) is 11.6. The first-order chi connectivity index (χ1) is 9.58. The number of nitrogens with zero attached hydrogens (tertiary/aromatic N) is 1. The fraction of sp³-hybridized carbons (Fsp3) is 0.500. The lowest BCUT2D eigenvalue weighted by atomic mass is 10.1. The van der Waals surface area contributed by atoms with Crippen LogP contribution >= 0.6 is 11.6 Å². The Morgan fingerprint density at radius 3 is 2.85 bits per heavy atom. The van der Waals surface area contributed by atoms with E-state index in [1.807, 2.05) is 0 Å². The molecule has 6 heteroatoms. The summed E-state index contributed by atoms with van der Waals surface area (Å²) in [5.74, 6) is -0.0756. The Kier molecular flexibility index (Phi) is 5.23. The fourth-order valence-corrected chi connectivity index (χ4v) is 2.50. The van der Waals surface area contributed by atoms with Gasteiger partial charge in [0.25, 0.3) is 0 Å². The molecule has 1 aromatic rings. The normalized spacial score (nSPS) is 17.1. The number of anilines is 2. The third-order valence-corrected chi connectivity index (χ3v) is 3.83. The third-order valence-electron chi connectivity index (χ3n) is 3.50. The molecule has 1 aliphatic heterocycles. The maximum atomic E-state index is 12.0. The number of nitrogens with two attached hydrogens (primary N) is 1. The fourth-order valence-electron chi connectivity index (χ4n) is 2.33. The molecule has 1 aliphatic rings. The molecule has 3 N–H and O–H groups in total. The van der Waals surface area contributed by atoms with E-state index in [-0.39, 0.29) is 5.91 Å². The van der Waals surface area contributed by atoms with E-state index in [0.29, 0.717) is 29.0 Å². The number of rotatable bonds is 4. The van der Waals surface area contributed by atoms with Crippen LogP contribution in [0.5, 0.6) is 0 Å². The first kappa shape index (κ1) is 15.1. The van der Waals surface area contributed by atoms with Crippen LogP contribution in [0.2, 0.25) is 5.02 Å². The third kappa shape index (κ3) is 4.10. The molecule has 0 saturated carbocycles. The van der Waals surface area contributed by atoms with Gasteiger partial charge in [0, 0.05) is 25.9 Å². The first-order valence-electron chi connectivity index (χ1n) is 6.68. The van der Waals surface area contributed by atoms with E-state index in [4.69, 9.17) is 22.1 Å². The average molecular weight is 298 g/mol. The van der Waals surface area contributed by atoms with Gasteiger partial charge in [0.15, 0.2) is 0 Å². The van der Waals surface area contributed by atoms with Crippen molar-refractivity contribution in [1.29, 1.82) is 0 Å². The van der Waals surface area contributed by atoms with Crippen LogP contribution in [0, 0.1) is 0 Å². The summed E-state index contributed by atoms with van der Waals surface area (Å²) in [5, 5.41) is 3.29. The predicted molar refractivity (Wildman–Crippen MR) is 81.0 cm³/mol. The Balaban J connectivity index is 1.85. The number of likely N-dealkylation sites (tertiary alicyclic amines) is 1. The van der Waals surface area contributed by atoms with Crippen LogP contribution in [0.3, 0.4) is 0 Å². The van der Waals surface area contributed by atoms with Crippen molar-refractivity contribution in [2.24, 2.45) is 0 Å². The van der Waals surface area contributed by atoms with Gasteiger partial charge in [0.05, 0.1) is 23.4 Å². The minimum Gasteiger partial charge on any atom is -0.399 e. The molecule has 0 aromatic heterocycles. The van der Waals surface area contributed by atoms with Gasteiger partial charge in [0.2, 0.25) is 5.91 Å². The van der Waals surface area contributed by atoms with E-state index in [1.54, 1.807) is 25.3 Å². The van der Waals surface area contributed by atoms with E-state index >= 15 is 0 Å². The molecule has 0 radical (unpaired) electrons. The van der Waals surface area contributed by atoms with Crippen molar-refractivity contribution in [3.63, 3.8) is 0 Å². The quantitative estimate of drug-likeness (QED) is 0.834. The molecule has 20 heavy (non-hydrogen) atoms. The number of carbonyl (C=O) groups excluding carboxylic acids is 1. The molecule has 0 aliphatic carbocycles. The number of benzene rings is 1. The molecule has 0 spiro atoms. The molecule has 0 unspecified atom stereocenters. The topological polar surface area (TPSA) is 67.6 Å². The van der Waals surface area contributed by atoms with Crippen molar-refractivity contribution in [1.82, 2.24) is 4.90 Å². The molecular formula is C14H20ClN3O2. The predicted octanol–water partition coefficient (Wildman–Crippen LogP) is 1.97. The highest BCUT2D eigenvalue weighted by molar-refractivity contribution is 6.33. The summed E-state index contributed by atoms with van der Waals surface area (Å²) in [4.78, 5) is 14.1. The first-order valence-corrected chi connectivity index (χ1v) is 7.06. The van der Waals surface area contributed by atoms with Crippen LogP contribution in [0.1, 0.15) is 12.8 Å². The summed E-state index contributed by atoms with van der Waals surface area (Å²) in [6.45, 7) is 2.11. The monoisotopic (exact) mass is 297 g/mol. The number of hydrogen-bond donors (Lipinski definition) is 2. The zero-order chi connectivity index (χ0) is 14.5. The summed E-state index contributed by atoms with van der Waals surface area (Å²) in [5.41, 5.74) is 6.82. The van der Waals surface area contributed by atoms with Crippen LogP contribution in [0.15, 0.2) is 18.2 Å². The van der Waals surface area contributed by atoms with Gasteiger partial charge < -0.3 is 15.8 Å². The molecule has 5 nitrogen and oxygen atoms in total. The van der Waals surface area contributed by atoms with Crippen molar-refractivity contribution >= 4 is 28.9 Å². The number of ether oxygens (including phenoxy) is 1. The van der Waals surface area contributed by atoms with Gasteiger partial charge in [-0.05, 0) is 31.0 Å². The molecule has 1 fully saturated rings. The van der Waals surface area contributed by atoms with E-state index in [2.05, 4.69) is 10.2 Å². The van der Waals surface area contributed by atoms with E-state index in [9.17, 15) is 4.79 Å². The van der Waals surface area contributed by atoms with Gasteiger partial charge in [-0.2, -0.15) is 0 Å². The molecule has 2 rings (SSSR count). The summed E-state index contributed by atoms with van der Waals surface area (Å²) in [6.07, 6.45) is 2.24. The standard InChI is InChI=1S/C14H20ClN3O2/c1-20-11-4-6-18(7-5-11)9-14(19)17-13-8-10(16)2-3-12(13)15/h2-3,8,11H,4-7,9,16H2,1H3,(H,17,19). The summed E-state index contributed by atoms with van der Waals surface area (Å²) in [6, 6.07) is 5.04. The van der Waals surface area contributed by atoms with Gasteiger partial charge in [-0.15, -0.1) is 0 Å². The van der Waals surface area contributed by atoms with Crippen LogP contribution in [0.25, 0.3) is 0 Å². The minimum absolute atomic E-state index is 0.0756. The van der Waals surface area contributed by atoms with Crippen molar-refractivity contribution in [2.75, 3.05) is 37.8 Å². The van der Waals surface area contributed by atoms with Crippen LogP contribution < -0.4 is 11.1 Å². The van der Waals surface area contributed by atoms with Gasteiger partial charge in [-0.3, -0.25) is 9.69 Å². The Labute approximate surface area is 124 Å². The molecule has 0 atom stereocenters. The largest absolute Gasteiger partial charge is 0.399 e. The number of amides is 1. The Bertz CT molecular complexity index is 473. The Morgan fingerprint density at radius 2 is 2.20 bits per heavy atom. The van der Waals surface area contributed by atoms with Crippen LogP contribution in [-0.4, -0.2) is 43.7 Å². The van der Waals surface area contributed by atoms with Crippen molar-refractivity contribution in [3.05, 3.63) is 23.2 Å². The number of methoxy groups -OCH3 is 1. The number of hydrogen-bond acceptors (Lipinski definition) is 4. The van der Waals surface area contributed by atoms with Crippen LogP contribution in [0.4, 0.5) is 11.4 Å². The van der Waals surface area contributed by atoms with Gasteiger partial charge in [-0.1, -0.05) is 11.6 Å². The lowest BCUT2D eigenvalue weighted by molar-refractivity contribution is -0.117. The highest BCUT2D eigenvalue weighted by atomic mass is 35.5. The smallest absolute Gasteiger partial charge is 0.238 e. The van der Waals surface area contributed by atoms with Gasteiger partial charge in [-0.25, -0.2) is 0 Å². The number of nitrogen functional groups attached to an aromatic ring is 1. The number of piperidine rings is 1. The SMILES string of the molecule is COC1CCN(CC(=O)Nc2cc(N)ccc2Cl)CC1. The van der Waals surface area contributed by atoms with E-state index in [0.717, 1.165) is 25.9 Å². The number of halogens is 1. The maximum absolute atomic E-state index is 12.0. The highest BCUT2D eigenvalue weighted by Crippen LogP contribution is 2.24. The molecule has 1 amide bonds. The van der Waals surface area contributed by atoms with Crippen molar-refractivity contribution in [2.45, 2.75) is 18.9 Å². The summed E-state index contributed by atoms with van der Waals surface area (Å²) < 4.78 is 5.31. The molecular weight excluding hydrogens is 278 g/mol. The van der Waals surface area contributed by atoms with E-state index in [1.165, 1.54) is 0 Å². The second-order valence-electron chi connectivity index (χ2n) is 5.00. The molecule has 110 valence electrons. The van der Waals surface area contributed by atoms with Crippen molar-refractivity contribution < 1.29 is 9.53 Å². The zero-order valence-corrected chi connectivity index (χ0v) is 12.3. The molecule has 1 saturated heterocycles. The summed E-state index contributed by atoms with van der Waals surface area (Å²) >= 11 is 6.02. The lowest BCUT2D eigenvalue weighted by Crippen LogP contribution is -2.41. The average Bonchev–Trinajstić information content (AvgIpc) is 2.43. The maximum Gasteiger partial charge on any atom is 0.238 e. The Hall–Kier alpha value is -1.30. The second kappa shape index (κ2) is 6.92. The van der Waals surface area contributed by atoms with Crippen LogP contribution in [-0.2, 0) is 9.53 Å². The molecule has 1 aromatic carbocycles. The number of nitrogens with one attached hydrogen (secondary N) is 1. The van der Waals surface area contributed by atoms with E-state index < -0.39 is 0 Å². The van der Waals surface area contributed by atoms with Crippen molar-refractivity contribution in [3.8, 4) is 0 Å². The minimum atomic E-state index is -0.0756.